The molecule has 0 aliphatic rings. The number of rotatable bonds is 4. The minimum Gasteiger partial charge on any atom is -0.321 e. The number of tetrazole rings is 1. The Hall–Kier alpha value is -1.30. The first kappa shape index (κ1) is 9.79. The van der Waals surface area contributed by atoms with E-state index in [1.165, 1.54) is 4.80 Å². The van der Waals surface area contributed by atoms with Crippen LogP contribution in [0.2, 0.25) is 0 Å². The summed E-state index contributed by atoms with van der Waals surface area (Å²) < 4.78 is 0. The number of ketones is 1. The monoisotopic (exact) mass is 183 g/mol. The van der Waals surface area contributed by atoms with Crippen molar-refractivity contribution in [2.24, 2.45) is 5.73 Å². The molecular formula is C7H13N5O. The van der Waals surface area contributed by atoms with Crippen molar-refractivity contribution in [3.63, 3.8) is 0 Å². The predicted molar refractivity (Wildman–Crippen MR) is 46.1 cm³/mol. The van der Waals surface area contributed by atoms with E-state index >= 15 is 0 Å². The van der Waals surface area contributed by atoms with Crippen LogP contribution >= 0.6 is 0 Å². The van der Waals surface area contributed by atoms with E-state index in [-0.39, 0.29) is 11.6 Å². The van der Waals surface area contributed by atoms with Gasteiger partial charge in [0.2, 0.25) is 11.6 Å². The van der Waals surface area contributed by atoms with Crippen LogP contribution in [0, 0.1) is 0 Å². The third-order valence-corrected chi connectivity index (χ3v) is 1.51. The summed E-state index contributed by atoms with van der Waals surface area (Å²) in [5.41, 5.74) is 5.38. The Labute approximate surface area is 76.1 Å². The molecule has 0 bridgehead atoms. The van der Waals surface area contributed by atoms with Gasteiger partial charge in [0, 0.05) is 0 Å². The van der Waals surface area contributed by atoms with E-state index in [1.807, 2.05) is 6.92 Å². The first-order valence-corrected chi connectivity index (χ1v) is 4.22. The second kappa shape index (κ2) is 4.08. The molecule has 1 aromatic heterocycles. The van der Waals surface area contributed by atoms with Crippen LogP contribution in [0.3, 0.4) is 0 Å². The average Bonchev–Trinajstić information content (AvgIpc) is 2.52. The fourth-order valence-electron chi connectivity index (χ4n) is 0.840. The van der Waals surface area contributed by atoms with Crippen LogP contribution in [0.4, 0.5) is 0 Å². The van der Waals surface area contributed by atoms with E-state index in [1.54, 1.807) is 6.92 Å². The Balaban J connectivity index is 2.73. The second-order valence-corrected chi connectivity index (χ2v) is 2.86. The molecule has 1 heterocycles. The Morgan fingerprint density at radius 1 is 1.69 bits per heavy atom. The lowest BCUT2D eigenvalue weighted by molar-refractivity contribution is 0.0957. The highest BCUT2D eigenvalue weighted by atomic mass is 16.1. The summed E-state index contributed by atoms with van der Waals surface area (Å²) in [4.78, 5) is 12.7. The van der Waals surface area contributed by atoms with Crippen molar-refractivity contribution in [2.45, 2.75) is 32.9 Å². The fraction of sp³-hybridized carbons (Fsp3) is 0.714. The van der Waals surface area contributed by atoms with Crippen molar-refractivity contribution >= 4 is 5.78 Å². The van der Waals surface area contributed by atoms with E-state index in [9.17, 15) is 4.79 Å². The number of hydrogen-bond donors (Lipinski definition) is 1. The standard InChI is InChI=1S/C7H13N5O/c1-3-4-12-10-7(9-11-12)6(13)5(2)8/h5H,3-4,8H2,1-2H3. The van der Waals surface area contributed by atoms with Crippen LogP contribution < -0.4 is 5.73 Å². The van der Waals surface area contributed by atoms with Gasteiger partial charge in [-0.05, 0) is 18.6 Å². The summed E-state index contributed by atoms with van der Waals surface area (Å²) in [6.07, 6.45) is 0.905. The molecule has 0 fully saturated rings. The van der Waals surface area contributed by atoms with Crippen molar-refractivity contribution in [1.82, 2.24) is 20.2 Å². The minimum atomic E-state index is -0.570. The van der Waals surface area contributed by atoms with Crippen LogP contribution in [-0.4, -0.2) is 32.0 Å². The highest BCUT2D eigenvalue weighted by Crippen LogP contribution is 1.93. The molecule has 1 rings (SSSR count). The third kappa shape index (κ3) is 2.32. The molecule has 0 amide bonds. The maximum absolute atomic E-state index is 11.3. The van der Waals surface area contributed by atoms with Crippen molar-refractivity contribution in [3.05, 3.63) is 5.82 Å². The maximum Gasteiger partial charge on any atom is 0.242 e. The molecule has 72 valence electrons. The number of carbonyl (C=O) groups excluding carboxylic acids is 1. The molecule has 1 aromatic rings. The Kier molecular flexibility index (Phi) is 3.07. The molecule has 0 radical (unpaired) electrons. The molecule has 0 aliphatic heterocycles. The van der Waals surface area contributed by atoms with Crippen molar-refractivity contribution in [1.29, 1.82) is 0 Å². The zero-order valence-corrected chi connectivity index (χ0v) is 7.77. The van der Waals surface area contributed by atoms with Crippen LogP contribution in [0.25, 0.3) is 0 Å². The molecule has 13 heavy (non-hydrogen) atoms. The second-order valence-electron chi connectivity index (χ2n) is 2.86. The molecule has 1 atom stereocenters. The highest BCUT2D eigenvalue weighted by Gasteiger charge is 2.16. The van der Waals surface area contributed by atoms with Gasteiger partial charge in [-0.25, -0.2) is 0 Å². The van der Waals surface area contributed by atoms with Crippen molar-refractivity contribution in [2.75, 3.05) is 0 Å². The first-order valence-electron chi connectivity index (χ1n) is 4.22. The van der Waals surface area contributed by atoms with Gasteiger partial charge in [-0.15, -0.1) is 10.2 Å². The number of Topliss-reactive ketones (excluding diaryl/α,β-unsaturated/α-hetero) is 1. The number of aromatic nitrogens is 4. The molecule has 0 saturated heterocycles. The number of nitrogens with zero attached hydrogens (tertiary/aromatic N) is 4. The van der Waals surface area contributed by atoms with E-state index in [0.717, 1.165) is 6.42 Å². The summed E-state index contributed by atoms with van der Waals surface area (Å²) in [6, 6.07) is -0.570. The van der Waals surface area contributed by atoms with Gasteiger partial charge in [0.1, 0.15) is 0 Å². The fourth-order valence-corrected chi connectivity index (χ4v) is 0.840. The quantitative estimate of drug-likeness (QED) is 0.642. The molecule has 0 saturated carbocycles. The Morgan fingerprint density at radius 3 is 2.92 bits per heavy atom. The molecule has 1 unspecified atom stereocenters. The van der Waals surface area contributed by atoms with Crippen LogP contribution in [-0.2, 0) is 6.54 Å². The van der Waals surface area contributed by atoms with Crippen molar-refractivity contribution in [3.8, 4) is 0 Å². The normalized spacial score (nSPS) is 12.8. The number of hydrogen-bond acceptors (Lipinski definition) is 5. The summed E-state index contributed by atoms with van der Waals surface area (Å²) in [6.45, 7) is 4.26. The zero-order chi connectivity index (χ0) is 9.84. The topological polar surface area (TPSA) is 86.7 Å². The van der Waals surface area contributed by atoms with E-state index < -0.39 is 6.04 Å². The van der Waals surface area contributed by atoms with E-state index in [4.69, 9.17) is 5.73 Å². The van der Waals surface area contributed by atoms with Gasteiger partial charge in [-0.3, -0.25) is 4.79 Å². The molecule has 0 aliphatic carbocycles. The van der Waals surface area contributed by atoms with Gasteiger partial charge in [-0.1, -0.05) is 6.92 Å². The van der Waals surface area contributed by atoms with Gasteiger partial charge >= 0.3 is 0 Å². The molecule has 0 aromatic carbocycles. The lowest BCUT2D eigenvalue weighted by atomic mass is 10.2. The lowest BCUT2D eigenvalue weighted by Crippen LogP contribution is -2.27. The first-order chi connectivity index (χ1) is 6.15. The lowest BCUT2D eigenvalue weighted by Gasteiger charge is -1.96. The Morgan fingerprint density at radius 2 is 2.38 bits per heavy atom. The van der Waals surface area contributed by atoms with Gasteiger partial charge in [-0.2, -0.15) is 4.80 Å². The van der Waals surface area contributed by atoms with Gasteiger partial charge in [0.15, 0.2) is 0 Å². The van der Waals surface area contributed by atoms with Gasteiger partial charge < -0.3 is 5.73 Å². The largest absolute Gasteiger partial charge is 0.321 e. The molecule has 6 nitrogen and oxygen atoms in total. The predicted octanol–water partition coefficient (Wildman–Crippen LogP) is -0.387. The number of carbonyl (C=O) groups is 1. The van der Waals surface area contributed by atoms with E-state index in [0.29, 0.717) is 6.54 Å². The Bertz CT molecular complexity index is 293. The number of aryl methyl sites for hydroxylation is 1. The zero-order valence-electron chi connectivity index (χ0n) is 7.77. The summed E-state index contributed by atoms with van der Waals surface area (Å²) >= 11 is 0. The molecule has 2 N–H and O–H groups in total. The van der Waals surface area contributed by atoms with Crippen LogP contribution in [0.1, 0.15) is 30.9 Å². The average molecular weight is 183 g/mol. The van der Waals surface area contributed by atoms with Crippen LogP contribution in [0.5, 0.6) is 0 Å². The smallest absolute Gasteiger partial charge is 0.242 e. The molecular weight excluding hydrogens is 170 g/mol. The summed E-state index contributed by atoms with van der Waals surface area (Å²) in [5, 5.41) is 11.2. The minimum absolute atomic E-state index is 0.100. The SMILES string of the molecule is CCCn1nnc(C(=O)C(C)N)n1. The molecule has 0 spiro atoms. The maximum atomic E-state index is 11.3. The number of nitrogens with two attached hydrogens (primary N) is 1. The summed E-state index contributed by atoms with van der Waals surface area (Å²) in [7, 11) is 0. The van der Waals surface area contributed by atoms with Gasteiger partial charge in [0.25, 0.3) is 0 Å². The van der Waals surface area contributed by atoms with Gasteiger partial charge in [0.05, 0.1) is 12.6 Å². The van der Waals surface area contributed by atoms with E-state index in [2.05, 4.69) is 15.4 Å². The summed E-state index contributed by atoms with van der Waals surface area (Å²) in [5.74, 6) is -0.175. The third-order valence-electron chi connectivity index (χ3n) is 1.51. The highest BCUT2D eigenvalue weighted by molar-refractivity contribution is 5.96. The van der Waals surface area contributed by atoms with Crippen LogP contribution in [0.15, 0.2) is 0 Å². The molecule has 6 heteroatoms. The van der Waals surface area contributed by atoms with Crippen molar-refractivity contribution < 1.29 is 4.79 Å².